The fourth-order valence-corrected chi connectivity index (χ4v) is 5.73. The Morgan fingerprint density at radius 3 is 1.66 bits per heavy atom. The largest absolute Gasteiger partial charge is 0.490 e. The minimum atomic E-state index is -5.08. The maximum Gasteiger partial charge on any atom is 0.490 e. The van der Waals surface area contributed by atoms with Crippen molar-refractivity contribution in [2.75, 3.05) is 59.2 Å². The third-order valence-corrected chi connectivity index (χ3v) is 9.05. The van der Waals surface area contributed by atoms with E-state index < -0.39 is 42.1 Å². The van der Waals surface area contributed by atoms with Crippen LogP contribution in [-0.4, -0.2) is 124 Å². The first-order valence-electron chi connectivity index (χ1n) is 21.3. The number of primary amides is 1. The van der Waals surface area contributed by atoms with Gasteiger partial charge in [-0.3, -0.25) is 29.5 Å². The van der Waals surface area contributed by atoms with Crippen LogP contribution in [-0.2, 0) is 46.5 Å². The lowest BCUT2D eigenvalue weighted by molar-refractivity contribution is -0.192. The molecule has 0 aromatic heterocycles. The molecule has 0 aliphatic carbocycles. The van der Waals surface area contributed by atoms with Gasteiger partial charge in [-0.05, 0) is 35.1 Å². The fourth-order valence-electron chi connectivity index (χ4n) is 5.73. The van der Waals surface area contributed by atoms with Crippen LogP contribution >= 0.6 is 0 Å². The second-order valence-corrected chi connectivity index (χ2v) is 14.4. The van der Waals surface area contributed by atoms with Gasteiger partial charge in [0.25, 0.3) is 0 Å². The molecule has 68 heavy (non-hydrogen) atoms. The number of nitrogens with zero attached hydrogens (tertiary/aromatic N) is 1. The topological polar surface area (TPSA) is 333 Å². The maximum absolute atomic E-state index is 13.9. The third-order valence-electron chi connectivity index (χ3n) is 9.05. The first kappa shape index (κ1) is 56.8. The van der Waals surface area contributed by atoms with Crippen LogP contribution in [0.15, 0.2) is 89.9 Å². The maximum atomic E-state index is 13.9. The summed E-state index contributed by atoms with van der Waals surface area (Å²) in [6.07, 6.45) is -4.57. The van der Waals surface area contributed by atoms with Crippen molar-refractivity contribution in [2.45, 2.75) is 56.9 Å². The number of nitrogens with two attached hydrogens (primary N) is 3. The predicted octanol–water partition coefficient (Wildman–Crippen LogP) is 0.820. The summed E-state index contributed by atoms with van der Waals surface area (Å²) >= 11 is 0. The van der Waals surface area contributed by atoms with Gasteiger partial charge in [-0.25, -0.2) is 14.4 Å². The number of ether oxygens (including phenoxy) is 2. The summed E-state index contributed by atoms with van der Waals surface area (Å²) in [6.45, 7) is 3.13. The van der Waals surface area contributed by atoms with E-state index in [1.807, 2.05) is 84.9 Å². The van der Waals surface area contributed by atoms with E-state index in [0.717, 1.165) is 22.3 Å². The second-order valence-electron chi connectivity index (χ2n) is 14.4. The minimum Gasteiger partial charge on any atom is -0.475 e. The highest BCUT2D eigenvalue weighted by Crippen LogP contribution is 2.25. The highest BCUT2D eigenvalue weighted by atomic mass is 19.4. The number of urea groups is 2. The summed E-state index contributed by atoms with van der Waals surface area (Å²) in [4.78, 5) is 88.1. The van der Waals surface area contributed by atoms with Crippen LogP contribution < -0.4 is 54.4 Å². The van der Waals surface area contributed by atoms with Crippen LogP contribution in [0.2, 0.25) is 0 Å². The molecule has 0 saturated heterocycles. The molecule has 372 valence electrons. The van der Waals surface area contributed by atoms with Gasteiger partial charge in [0.15, 0.2) is 5.96 Å². The van der Waals surface area contributed by atoms with E-state index in [-0.39, 0.29) is 75.7 Å². The molecule has 0 radical (unpaired) electrons. The van der Waals surface area contributed by atoms with Crippen LogP contribution in [0, 0.1) is 0 Å². The van der Waals surface area contributed by atoms with E-state index in [2.05, 4.69) is 42.2 Å². The number of carboxylic acid groups (broad SMARTS) is 1. The highest BCUT2D eigenvalue weighted by Gasteiger charge is 2.38. The molecule has 21 nitrogen and oxygen atoms in total. The number of carbonyl (C=O) groups is 7. The zero-order chi connectivity index (χ0) is 50.2. The van der Waals surface area contributed by atoms with Crippen molar-refractivity contribution in [3.63, 3.8) is 0 Å². The van der Waals surface area contributed by atoms with Gasteiger partial charge < -0.3 is 63.7 Å². The Kier molecular flexibility index (Phi) is 27.1. The van der Waals surface area contributed by atoms with Crippen LogP contribution in [0.4, 0.5) is 22.8 Å². The first-order valence-corrected chi connectivity index (χ1v) is 21.3. The van der Waals surface area contributed by atoms with Crippen molar-refractivity contribution in [2.24, 2.45) is 22.2 Å². The molecule has 1 atom stereocenters. The lowest BCUT2D eigenvalue weighted by Crippen LogP contribution is -2.48. The van der Waals surface area contributed by atoms with E-state index in [9.17, 15) is 41.9 Å². The van der Waals surface area contributed by atoms with E-state index in [4.69, 9.17) is 36.6 Å². The van der Waals surface area contributed by atoms with E-state index in [0.29, 0.717) is 45.9 Å². The predicted molar refractivity (Wildman–Crippen MR) is 243 cm³/mol. The number of rotatable bonds is 27. The molecule has 0 aliphatic heterocycles. The summed E-state index contributed by atoms with van der Waals surface area (Å²) in [5, 5.41) is 25.8. The molecule has 3 aromatic carbocycles. The first-order chi connectivity index (χ1) is 32.5. The van der Waals surface area contributed by atoms with Gasteiger partial charge >= 0.3 is 24.2 Å². The quantitative estimate of drug-likeness (QED) is 0.0288. The van der Waals surface area contributed by atoms with Crippen molar-refractivity contribution < 1.29 is 61.3 Å². The summed E-state index contributed by atoms with van der Waals surface area (Å²) < 4.78 is 42.3. The SMILES string of the molecule is NCCOCCOCCNC(=O)CCC(=O)NCCNC(=O)NC(N)=NCCC[C@H](NC(=O)C(c1ccccc1)c1ccccc1)C(=O)NCc1ccc(CNC(N)=O)cc1.O=C(O)C(F)(F)F. The van der Waals surface area contributed by atoms with E-state index in [1.54, 1.807) is 0 Å². The molecule has 3 aromatic rings. The average Bonchev–Trinajstić information content (AvgIpc) is 3.31. The molecule has 0 aliphatic rings. The van der Waals surface area contributed by atoms with Gasteiger partial charge in [-0.2, -0.15) is 13.2 Å². The molecular formula is C44H60F3N11O10. The summed E-state index contributed by atoms with van der Waals surface area (Å²) in [5.41, 5.74) is 19.6. The summed E-state index contributed by atoms with van der Waals surface area (Å²) in [5.74, 6) is -4.99. The molecule has 0 fully saturated rings. The smallest absolute Gasteiger partial charge is 0.475 e. The van der Waals surface area contributed by atoms with Crippen molar-refractivity contribution in [3.05, 3.63) is 107 Å². The third kappa shape index (κ3) is 25.4. The molecule has 24 heteroatoms. The molecule has 0 bridgehead atoms. The Balaban J connectivity index is 0.00000209. The van der Waals surface area contributed by atoms with Gasteiger partial charge in [0.1, 0.15) is 6.04 Å². The lowest BCUT2D eigenvalue weighted by Gasteiger charge is -2.23. The standard InChI is InChI=1S/C42H59N11O8.C2HF3O2/c43-19-24-60-26-27-61-25-23-47-36(55)18-17-35(54)46-21-22-49-42(59)53-40(44)48-20-7-12-34(38(56)50-28-30-13-15-31(16-14-30)29-51-41(45)58)52-39(57)37(32-8-3-1-4-9-32)33-10-5-2-6-11-33;3-2(4,5)1(6)7/h1-6,8-11,13-16,34,37H,7,12,17-29,43H2,(H,46,54)(H,47,55)(H,50,56)(H,52,57)(H3,45,51,58)(H4,44,48,49,53,59);(H,6,7)/t34-;/m0./s1. The number of aliphatic imine (C=N–C) groups is 1. The van der Waals surface area contributed by atoms with Crippen molar-refractivity contribution in [1.29, 1.82) is 0 Å². The molecule has 0 heterocycles. The lowest BCUT2D eigenvalue weighted by atomic mass is 9.90. The molecular weight excluding hydrogens is 900 g/mol. The van der Waals surface area contributed by atoms with Gasteiger partial charge in [-0.15, -0.1) is 0 Å². The van der Waals surface area contributed by atoms with Crippen LogP contribution in [0.3, 0.4) is 0 Å². The number of amides is 8. The molecule has 0 saturated carbocycles. The number of aliphatic carboxylic acids is 1. The molecule has 8 amide bonds. The van der Waals surface area contributed by atoms with E-state index >= 15 is 0 Å². The number of hydrogen-bond acceptors (Lipinski definition) is 11. The number of halogens is 3. The zero-order valence-corrected chi connectivity index (χ0v) is 37.3. The van der Waals surface area contributed by atoms with Crippen LogP contribution in [0.5, 0.6) is 0 Å². The van der Waals surface area contributed by atoms with Crippen LogP contribution in [0.1, 0.15) is 53.9 Å². The normalized spacial score (nSPS) is 11.5. The van der Waals surface area contributed by atoms with Crippen molar-refractivity contribution in [3.8, 4) is 0 Å². The highest BCUT2D eigenvalue weighted by molar-refractivity contribution is 5.95. The van der Waals surface area contributed by atoms with Gasteiger partial charge in [0.05, 0.1) is 32.3 Å². The Morgan fingerprint density at radius 1 is 0.647 bits per heavy atom. The Hall–Kier alpha value is -7.31. The van der Waals surface area contributed by atoms with Crippen molar-refractivity contribution >= 4 is 47.6 Å². The second kappa shape index (κ2) is 32.4. The average molecular weight is 960 g/mol. The molecule has 0 spiro atoms. The number of carbonyl (C=O) groups excluding carboxylic acids is 6. The number of hydrogen-bond donors (Lipinski definition) is 11. The van der Waals surface area contributed by atoms with Gasteiger partial charge in [0, 0.05) is 58.7 Å². The van der Waals surface area contributed by atoms with Crippen LogP contribution in [0.25, 0.3) is 0 Å². The minimum absolute atomic E-state index is 0.000470. The number of carboxylic acids is 1. The monoisotopic (exact) mass is 959 g/mol. The van der Waals surface area contributed by atoms with Crippen molar-refractivity contribution in [1.82, 2.24) is 37.2 Å². The number of benzene rings is 3. The fraction of sp³-hybridized carbons (Fsp3) is 0.409. The van der Waals surface area contributed by atoms with E-state index in [1.165, 1.54) is 0 Å². The number of nitrogens with one attached hydrogen (secondary N) is 7. The Bertz CT molecular complexity index is 2010. The zero-order valence-electron chi connectivity index (χ0n) is 37.3. The van der Waals surface area contributed by atoms with Gasteiger partial charge in [-0.1, -0.05) is 84.9 Å². The number of alkyl halides is 3. The Labute approximate surface area is 390 Å². The Morgan fingerprint density at radius 2 is 1.15 bits per heavy atom. The molecule has 3 rings (SSSR count). The summed E-state index contributed by atoms with van der Waals surface area (Å²) in [7, 11) is 0. The van der Waals surface area contributed by atoms with Gasteiger partial charge in [0.2, 0.25) is 23.6 Å². The summed E-state index contributed by atoms with van der Waals surface area (Å²) in [6, 6.07) is 23.6. The number of guanidine groups is 1. The molecule has 14 N–H and O–H groups in total. The molecule has 0 unspecified atom stereocenters.